The molecule has 0 spiro atoms. The van der Waals surface area contributed by atoms with E-state index in [0.717, 1.165) is 12.1 Å². The molecule has 2 nitrogen and oxygen atoms in total. The lowest BCUT2D eigenvalue weighted by Crippen LogP contribution is -2.37. The van der Waals surface area contributed by atoms with E-state index in [1.54, 1.807) is 6.07 Å². The molecule has 1 atom stereocenters. The van der Waals surface area contributed by atoms with Gasteiger partial charge in [0.1, 0.15) is 5.82 Å². The molecule has 0 bridgehead atoms. The summed E-state index contributed by atoms with van der Waals surface area (Å²) in [5.74, 6) is -0.118. The largest absolute Gasteiger partial charge is 0.326 e. The van der Waals surface area contributed by atoms with Gasteiger partial charge in [-0.2, -0.15) is 0 Å². The van der Waals surface area contributed by atoms with Crippen LogP contribution < -0.4 is 5.73 Å². The first-order valence-corrected chi connectivity index (χ1v) is 6.42. The van der Waals surface area contributed by atoms with Crippen LogP contribution in [0.5, 0.6) is 0 Å². The van der Waals surface area contributed by atoms with Crippen LogP contribution in [0.3, 0.4) is 0 Å². The molecule has 2 N–H and O–H groups in total. The van der Waals surface area contributed by atoms with Gasteiger partial charge in [0.25, 0.3) is 0 Å². The van der Waals surface area contributed by atoms with Crippen LogP contribution in [0.1, 0.15) is 37.3 Å². The van der Waals surface area contributed by atoms with Gasteiger partial charge in [0.2, 0.25) is 0 Å². The van der Waals surface area contributed by atoms with E-state index < -0.39 is 0 Å². The van der Waals surface area contributed by atoms with Crippen LogP contribution in [-0.4, -0.2) is 17.5 Å². The van der Waals surface area contributed by atoms with Crippen molar-refractivity contribution in [1.82, 2.24) is 4.90 Å². The van der Waals surface area contributed by atoms with E-state index in [9.17, 15) is 4.39 Å². The summed E-state index contributed by atoms with van der Waals surface area (Å²) < 4.78 is 14.0. The average Bonchev–Trinajstić information content (AvgIpc) is 2.34. The maximum Gasteiger partial charge on any atom is 0.132 e. The zero-order valence-electron chi connectivity index (χ0n) is 10.5. The van der Waals surface area contributed by atoms with Crippen molar-refractivity contribution in [3.8, 4) is 0 Å². The fraction of sp³-hybridized carbons (Fsp3) is 0.571. The van der Waals surface area contributed by atoms with Crippen molar-refractivity contribution in [2.75, 3.05) is 6.54 Å². The predicted octanol–water partition coefficient (Wildman–Crippen LogP) is 2.66. The normalized spacial score (nSPS) is 21.7. The van der Waals surface area contributed by atoms with Crippen LogP contribution in [0, 0.1) is 5.82 Å². The predicted molar refractivity (Wildman–Crippen MR) is 68.0 cm³/mol. The fourth-order valence-corrected chi connectivity index (χ4v) is 2.52. The molecule has 0 aromatic heterocycles. The molecular weight excluding hydrogens is 215 g/mol. The Kier molecular flexibility index (Phi) is 4.13. The van der Waals surface area contributed by atoms with E-state index in [1.807, 2.05) is 12.1 Å². The van der Waals surface area contributed by atoms with Crippen molar-refractivity contribution in [2.45, 2.75) is 45.3 Å². The summed E-state index contributed by atoms with van der Waals surface area (Å²) >= 11 is 0. The van der Waals surface area contributed by atoms with Gasteiger partial charge < -0.3 is 5.73 Å². The Hall–Kier alpha value is -0.930. The molecule has 17 heavy (non-hydrogen) atoms. The summed E-state index contributed by atoms with van der Waals surface area (Å²) in [6.07, 6.45) is 3.74. The summed E-state index contributed by atoms with van der Waals surface area (Å²) in [4.78, 5) is 2.36. The maximum absolute atomic E-state index is 14.0. The second kappa shape index (κ2) is 5.61. The maximum atomic E-state index is 14.0. The number of hydrogen-bond donors (Lipinski definition) is 1. The number of likely N-dealkylation sites (tertiary alicyclic amines) is 1. The van der Waals surface area contributed by atoms with Crippen LogP contribution in [0.15, 0.2) is 18.2 Å². The van der Waals surface area contributed by atoms with Crippen LogP contribution in [0.4, 0.5) is 4.39 Å². The van der Waals surface area contributed by atoms with Crippen molar-refractivity contribution in [2.24, 2.45) is 5.73 Å². The highest BCUT2D eigenvalue weighted by molar-refractivity contribution is 5.26. The molecule has 1 heterocycles. The van der Waals surface area contributed by atoms with Crippen molar-refractivity contribution in [1.29, 1.82) is 0 Å². The zero-order valence-corrected chi connectivity index (χ0v) is 10.5. The molecule has 1 aliphatic heterocycles. The topological polar surface area (TPSA) is 29.3 Å². The van der Waals surface area contributed by atoms with Gasteiger partial charge in [-0.05, 0) is 26.3 Å². The minimum Gasteiger partial charge on any atom is -0.326 e. The van der Waals surface area contributed by atoms with Crippen molar-refractivity contribution >= 4 is 0 Å². The Morgan fingerprint density at radius 3 is 2.82 bits per heavy atom. The number of piperidine rings is 1. The minimum absolute atomic E-state index is 0.118. The van der Waals surface area contributed by atoms with Crippen molar-refractivity contribution in [3.05, 3.63) is 35.1 Å². The van der Waals surface area contributed by atoms with Gasteiger partial charge in [-0.1, -0.05) is 24.6 Å². The molecular formula is C14H21FN2. The molecule has 0 saturated carbocycles. The molecule has 0 radical (unpaired) electrons. The highest BCUT2D eigenvalue weighted by atomic mass is 19.1. The van der Waals surface area contributed by atoms with Gasteiger partial charge in [-0.25, -0.2) is 4.39 Å². The van der Waals surface area contributed by atoms with Crippen molar-refractivity contribution < 1.29 is 4.39 Å². The number of nitrogens with zero attached hydrogens (tertiary/aromatic N) is 1. The van der Waals surface area contributed by atoms with Gasteiger partial charge in [-0.15, -0.1) is 0 Å². The number of hydrogen-bond acceptors (Lipinski definition) is 2. The molecule has 3 heteroatoms. The molecule has 1 aliphatic rings. The quantitative estimate of drug-likeness (QED) is 0.874. The molecule has 2 rings (SSSR count). The van der Waals surface area contributed by atoms with Gasteiger partial charge in [0.15, 0.2) is 0 Å². The molecule has 1 aromatic rings. The lowest BCUT2D eigenvalue weighted by atomic mass is 10.0. The highest BCUT2D eigenvalue weighted by Crippen LogP contribution is 2.21. The molecule has 1 unspecified atom stereocenters. The van der Waals surface area contributed by atoms with E-state index >= 15 is 0 Å². The molecule has 0 amide bonds. The summed E-state index contributed by atoms with van der Waals surface area (Å²) in [6, 6.07) is 6.09. The van der Waals surface area contributed by atoms with E-state index in [1.165, 1.54) is 19.3 Å². The summed E-state index contributed by atoms with van der Waals surface area (Å²) in [5, 5.41) is 0. The van der Waals surface area contributed by atoms with E-state index in [-0.39, 0.29) is 12.4 Å². The monoisotopic (exact) mass is 236 g/mol. The first kappa shape index (κ1) is 12.5. The standard InChI is InChI=1S/C14H21FN2/c1-11-5-2-3-8-17(11)10-13-7-4-6-12(9-16)14(13)15/h4,6-7,11H,2-3,5,8-10,16H2,1H3. The van der Waals surface area contributed by atoms with Crippen LogP contribution >= 0.6 is 0 Å². The molecule has 1 saturated heterocycles. The third-order valence-corrected chi connectivity index (χ3v) is 3.69. The molecule has 0 aliphatic carbocycles. The van der Waals surface area contributed by atoms with E-state index in [0.29, 0.717) is 18.2 Å². The summed E-state index contributed by atoms with van der Waals surface area (Å²) in [5.41, 5.74) is 6.92. The smallest absolute Gasteiger partial charge is 0.132 e. The van der Waals surface area contributed by atoms with Crippen LogP contribution in [0.25, 0.3) is 0 Å². The van der Waals surface area contributed by atoms with Gasteiger partial charge in [0, 0.05) is 30.3 Å². The first-order chi connectivity index (χ1) is 8.22. The molecule has 1 fully saturated rings. The van der Waals surface area contributed by atoms with Crippen LogP contribution in [0.2, 0.25) is 0 Å². The number of nitrogens with two attached hydrogens (primary N) is 1. The lowest BCUT2D eigenvalue weighted by molar-refractivity contribution is 0.151. The Bertz CT molecular complexity index is 378. The van der Waals surface area contributed by atoms with E-state index in [4.69, 9.17) is 5.73 Å². The first-order valence-electron chi connectivity index (χ1n) is 6.42. The Balaban J connectivity index is 2.12. The zero-order chi connectivity index (χ0) is 12.3. The summed E-state index contributed by atoms with van der Waals surface area (Å²) in [6.45, 7) is 4.29. The number of rotatable bonds is 3. The van der Waals surface area contributed by atoms with Crippen LogP contribution in [-0.2, 0) is 13.1 Å². The number of halogens is 1. The Labute approximate surface area is 103 Å². The molecule has 1 aromatic carbocycles. The summed E-state index contributed by atoms with van der Waals surface area (Å²) in [7, 11) is 0. The third kappa shape index (κ3) is 2.85. The average molecular weight is 236 g/mol. The highest BCUT2D eigenvalue weighted by Gasteiger charge is 2.19. The lowest BCUT2D eigenvalue weighted by Gasteiger charge is -2.33. The fourth-order valence-electron chi connectivity index (χ4n) is 2.52. The number of benzene rings is 1. The minimum atomic E-state index is -0.118. The second-order valence-electron chi connectivity index (χ2n) is 4.91. The Morgan fingerprint density at radius 2 is 2.12 bits per heavy atom. The SMILES string of the molecule is CC1CCCCN1Cc1cccc(CN)c1F. The second-order valence-corrected chi connectivity index (χ2v) is 4.91. The van der Waals surface area contributed by atoms with Gasteiger partial charge >= 0.3 is 0 Å². The van der Waals surface area contributed by atoms with Crippen molar-refractivity contribution in [3.63, 3.8) is 0 Å². The van der Waals surface area contributed by atoms with E-state index in [2.05, 4.69) is 11.8 Å². The van der Waals surface area contributed by atoms with Gasteiger partial charge in [0.05, 0.1) is 0 Å². The molecule has 94 valence electrons. The third-order valence-electron chi connectivity index (χ3n) is 3.69. The van der Waals surface area contributed by atoms with Gasteiger partial charge in [-0.3, -0.25) is 4.90 Å². The Morgan fingerprint density at radius 1 is 1.35 bits per heavy atom.